The van der Waals surface area contributed by atoms with Gasteiger partial charge in [0.1, 0.15) is 5.54 Å². The van der Waals surface area contributed by atoms with Gasteiger partial charge in [-0.05, 0) is 31.0 Å². The summed E-state index contributed by atoms with van der Waals surface area (Å²) in [5, 5.41) is 2.61. The fourth-order valence-corrected chi connectivity index (χ4v) is 3.26. The van der Waals surface area contributed by atoms with Gasteiger partial charge < -0.3 is 10.1 Å². The number of ether oxygens (including phenoxy) is 1. The molecule has 7 heteroatoms. The maximum atomic E-state index is 13.2. The quantitative estimate of drug-likeness (QED) is 0.902. The highest BCUT2D eigenvalue weighted by molar-refractivity contribution is 5.86. The van der Waals surface area contributed by atoms with Crippen LogP contribution in [0.15, 0.2) is 24.3 Å². The van der Waals surface area contributed by atoms with Gasteiger partial charge in [0.25, 0.3) is 0 Å². The molecule has 1 fully saturated rings. The zero-order chi connectivity index (χ0) is 17.1. The Balaban J connectivity index is 2.33. The number of amides is 1. The summed E-state index contributed by atoms with van der Waals surface area (Å²) in [5.41, 5.74) is -1.40. The molecule has 23 heavy (non-hydrogen) atoms. The van der Waals surface area contributed by atoms with Crippen LogP contribution in [-0.2, 0) is 22.3 Å². The number of rotatable bonds is 5. The minimum absolute atomic E-state index is 0.0620. The lowest BCUT2D eigenvalue weighted by molar-refractivity contribution is -0.139. The van der Waals surface area contributed by atoms with Gasteiger partial charge in [-0.25, -0.2) is 0 Å². The first kappa shape index (κ1) is 17.7. The maximum Gasteiger partial charge on any atom is 0.416 e. The molecular weight excluding hydrogens is 309 g/mol. The van der Waals surface area contributed by atoms with E-state index in [1.54, 1.807) is 11.0 Å². The van der Waals surface area contributed by atoms with E-state index in [0.717, 1.165) is 12.5 Å². The third-order valence-corrected chi connectivity index (χ3v) is 4.34. The number of nitrogens with one attached hydrogen (secondary N) is 1. The van der Waals surface area contributed by atoms with Crippen molar-refractivity contribution in [1.82, 2.24) is 10.2 Å². The van der Waals surface area contributed by atoms with Gasteiger partial charge in [-0.2, -0.15) is 13.2 Å². The second-order valence-corrected chi connectivity index (χ2v) is 5.72. The molecule has 1 aromatic rings. The van der Waals surface area contributed by atoms with Crippen molar-refractivity contribution >= 4 is 5.91 Å². The normalized spacial score (nSPS) is 22.3. The molecule has 1 aromatic carbocycles. The van der Waals surface area contributed by atoms with Crippen LogP contribution >= 0.6 is 0 Å². The molecule has 1 aliphatic heterocycles. The van der Waals surface area contributed by atoms with Gasteiger partial charge in [0.05, 0.1) is 12.2 Å². The van der Waals surface area contributed by atoms with Gasteiger partial charge in [0.2, 0.25) is 5.91 Å². The molecule has 1 saturated heterocycles. The summed E-state index contributed by atoms with van der Waals surface area (Å²) in [6, 6.07) is 5.49. The van der Waals surface area contributed by atoms with E-state index < -0.39 is 17.3 Å². The molecule has 0 radical (unpaired) electrons. The average molecular weight is 330 g/mol. The Morgan fingerprint density at radius 2 is 2.09 bits per heavy atom. The van der Waals surface area contributed by atoms with Crippen molar-refractivity contribution < 1.29 is 22.7 Å². The largest absolute Gasteiger partial charge is 0.416 e. The summed E-state index contributed by atoms with van der Waals surface area (Å²) in [5.74, 6) is -0.221. The number of carbonyl (C=O) groups is 1. The number of hydrogen-bond acceptors (Lipinski definition) is 3. The highest BCUT2D eigenvalue weighted by Crippen LogP contribution is 2.36. The number of benzene rings is 1. The smallest absolute Gasteiger partial charge is 0.382 e. The van der Waals surface area contributed by atoms with E-state index in [1.165, 1.54) is 26.3 Å². The van der Waals surface area contributed by atoms with Crippen LogP contribution in [-0.4, -0.2) is 43.7 Å². The average Bonchev–Trinajstić information content (AvgIpc) is 2.90. The molecule has 1 heterocycles. The Kier molecular flexibility index (Phi) is 5.31. The molecule has 0 aromatic heterocycles. The van der Waals surface area contributed by atoms with E-state index in [1.807, 2.05) is 0 Å². The standard InChI is InChI=1S/C16H21F3N2O2/c1-20-14(22)15(11-23-2)8-5-9-21(15)10-12-6-3-4-7-13(12)16(17,18)19/h3-4,6-7H,5,8-11H2,1-2H3,(H,20,22). The molecule has 4 nitrogen and oxygen atoms in total. The van der Waals surface area contributed by atoms with Crippen LogP contribution in [0.3, 0.4) is 0 Å². The molecule has 0 saturated carbocycles. The number of likely N-dealkylation sites (N-methyl/N-ethyl adjacent to an activating group) is 1. The minimum Gasteiger partial charge on any atom is -0.382 e. The van der Waals surface area contributed by atoms with E-state index in [4.69, 9.17) is 4.74 Å². The number of methoxy groups -OCH3 is 1. The number of alkyl halides is 3. The predicted molar refractivity (Wildman–Crippen MR) is 79.8 cm³/mol. The molecule has 1 aliphatic rings. The van der Waals surface area contributed by atoms with Crippen LogP contribution in [0.25, 0.3) is 0 Å². The van der Waals surface area contributed by atoms with E-state index in [9.17, 15) is 18.0 Å². The van der Waals surface area contributed by atoms with Crippen LogP contribution in [0.1, 0.15) is 24.0 Å². The first-order valence-electron chi connectivity index (χ1n) is 7.46. The summed E-state index contributed by atoms with van der Waals surface area (Å²) >= 11 is 0. The number of carbonyl (C=O) groups excluding carboxylic acids is 1. The Hall–Kier alpha value is -1.60. The molecule has 0 spiro atoms. The lowest BCUT2D eigenvalue weighted by Crippen LogP contribution is -2.57. The summed E-state index contributed by atoms with van der Waals surface area (Å²) in [4.78, 5) is 14.1. The van der Waals surface area contributed by atoms with Crippen molar-refractivity contribution in [3.8, 4) is 0 Å². The van der Waals surface area contributed by atoms with Crippen molar-refractivity contribution in [1.29, 1.82) is 0 Å². The van der Waals surface area contributed by atoms with Gasteiger partial charge in [0.15, 0.2) is 0 Å². The second kappa shape index (κ2) is 6.88. The molecule has 0 aliphatic carbocycles. The Morgan fingerprint density at radius 1 is 1.39 bits per heavy atom. The maximum absolute atomic E-state index is 13.2. The highest BCUT2D eigenvalue weighted by Gasteiger charge is 2.47. The van der Waals surface area contributed by atoms with Crippen LogP contribution in [0.5, 0.6) is 0 Å². The third-order valence-electron chi connectivity index (χ3n) is 4.34. The molecule has 1 atom stereocenters. The van der Waals surface area contributed by atoms with Gasteiger partial charge in [-0.15, -0.1) is 0 Å². The number of halogens is 3. The lowest BCUT2D eigenvalue weighted by Gasteiger charge is -2.36. The van der Waals surface area contributed by atoms with Crippen molar-refractivity contribution in [2.24, 2.45) is 0 Å². The first-order chi connectivity index (χ1) is 10.8. The van der Waals surface area contributed by atoms with Crippen LogP contribution in [0.4, 0.5) is 13.2 Å². The summed E-state index contributed by atoms with van der Waals surface area (Å²) in [6.07, 6.45) is -3.10. The second-order valence-electron chi connectivity index (χ2n) is 5.72. The van der Waals surface area contributed by atoms with Crippen molar-refractivity contribution in [3.05, 3.63) is 35.4 Å². The Morgan fingerprint density at radius 3 is 2.70 bits per heavy atom. The predicted octanol–water partition coefficient (Wildman–Crippen LogP) is 2.43. The number of hydrogen-bond donors (Lipinski definition) is 1. The Labute approximate surface area is 133 Å². The van der Waals surface area contributed by atoms with Crippen LogP contribution in [0.2, 0.25) is 0 Å². The SMILES string of the molecule is CNC(=O)C1(COC)CCCN1Cc1ccccc1C(F)(F)F. The summed E-state index contributed by atoms with van der Waals surface area (Å²) in [6.45, 7) is 0.774. The number of likely N-dealkylation sites (tertiary alicyclic amines) is 1. The van der Waals surface area contributed by atoms with E-state index in [2.05, 4.69) is 5.32 Å². The minimum atomic E-state index is -4.41. The molecule has 128 valence electrons. The topological polar surface area (TPSA) is 41.6 Å². The van der Waals surface area contributed by atoms with E-state index in [0.29, 0.717) is 13.0 Å². The molecule has 2 rings (SSSR count). The third kappa shape index (κ3) is 3.50. The first-order valence-corrected chi connectivity index (χ1v) is 7.46. The fourth-order valence-electron chi connectivity index (χ4n) is 3.26. The molecule has 1 unspecified atom stereocenters. The van der Waals surface area contributed by atoms with Crippen molar-refractivity contribution in [2.45, 2.75) is 31.1 Å². The molecular formula is C16H21F3N2O2. The van der Waals surface area contributed by atoms with Gasteiger partial charge in [-0.3, -0.25) is 9.69 Å². The van der Waals surface area contributed by atoms with Crippen molar-refractivity contribution in [2.75, 3.05) is 27.3 Å². The zero-order valence-corrected chi connectivity index (χ0v) is 13.2. The molecule has 1 amide bonds. The van der Waals surface area contributed by atoms with Crippen LogP contribution in [0, 0.1) is 0 Å². The van der Waals surface area contributed by atoms with E-state index >= 15 is 0 Å². The summed E-state index contributed by atoms with van der Waals surface area (Å²) in [7, 11) is 3.02. The molecule has 1 N–H and O–H groups in total. The van der Waals surface area contributed by atoms with Crippen LogP contribution < -0.4 is 5.32 Å². The number of nitrogens with zero attached hydrogens (tertiary/aromatic N) is 1. The lowest BCUT2D eigenvalue weighted by atomic mass is 9.94. The zero-order valence-electron chi connectivity index (χ0n) is 13.2. The van der Waals surface area contributed by atoms with Crippen molar-refractivity contribution in [3.63, 3.8) is 0 Å². The van der Waals surface area contributed by atoms with E-state index in [-0.39, 0.29) is 24.6 Å². The van der Waals surface area contributed by atoms with Gasteiger partial charge in [-0.1, -0.05) is 18.2 Å². The molecule has 0 bridgehead atoms. The fraction of sp³-hybridized carbons (Fsp3) is 0.562. The van der Waals surface area contributed by atoms with Gasteiger partial charge >= 0.3 is 6.18 Å². The highest BCUT2D eigenvalue weighted by atomic mass is 19.4. The monoisotopic (exact) mass is 330 g/mol. The summed E-state index contributed by atoms with van der Waals surface area (Å²) < 4.78 is 44.7. The van der Waals surface area contributed by atoms with Gasteiger partial charge in [0, 0.05) is 20.7 Å². The Bertz CT molecular complexity index is 563.